The van der Waals surface area contributed by atoms with Gasteiger partial charge in [-0.1, -0.05) is 27.3 Å². The highest BCUT2D eigenvalue weighted by Crippen LogP contribution is 2.33. The fourth-order valence-corrected chi connectivity index (χ4v) is 6.00. The van der Waals surface area contributed by atoms with Gasteiger partial charge in [-0.15, -0.1) is 23.7 Å². The molecule has 10 heteroatoms. The number of aromatic nitrogens is 1. The zero-order valence-corrected chi connectivity index (χ0v) is 21.1. The lowest BCUT2D eigenvalue weighted by Gasteiger charge is -2.27. The number of carbonyl (C=O) groups excluding carboxylic acids is 1. The minimum absolute atomic E-state index is 0. The summed E-state index contributed by atoms with van der Waals surface area (Å²) < 4.78 is 8.46. The first kappa shape index (κ1) is 23.1. The van der Waals surface area contributed by atoms with Gasteiger partial charge in [0, 0.05) is 30.7 Å². The minimum atomic E-state index is 0. The van der Waals surface area contributed by atoms with Crippen molar-refractivity contribution in [2.24, 2.45) is 0 Å². The van der Waals surface area contributed by atoms with Gasteiger partial charge in [0.2, 0.25) is 0 Å². The van der Waals surface area contributed by atoms with Crippen LogP contribution in [0, 0.1) is 0 Å². The molecule has 29 heavy (non-hydrogen) atoms. The summed E-state index contributed by atoms with van der Waals surface area (Å²) in [5.74, 6) is 0.01000. The van der Waals surface area contributed by atoms with Crippen LogP contribution in [0.1, 0.15) is 16.1 Å². The second kappa shape index (κ2) is 10.7. The Kier molecular flexibility index (Phi) is 8.50. The Morgan fingerprint density at radius 3 is 2.69 bits per heavy atom. The van der Waals surface area contributed by atoms with Crippen molar-refractivity contribution in [3.8, 4) is 0 Å². The average Bonchev–Trinajstić information content (AvgIpc) is 3.31. The predicted octanol–water partition coefficient (Wildman–Crippen LogP) is 5.67. The Labute approximate surface area is 200 Å². The number of hydrogen-bond acceptors (Lipinski definition) is 6. The molecule has 4 rings (SSSR count). The van der Waals surface area contributed by atoms with Crippen molar-refractivity contribution in [3.05, 3.63) is 43.5 Å². The summed E-state index contributed by atoms with van der Waals surface area (Å²) in [4.78, 5) is 22.9. The molecule has 1 aliphatic rings. The predicted molar refractivity (Wildman–Crippen MR) is 130 cm³/mol. The second-order valence-electron chi connectivity index (χ2n) is 6.48. The van der Waals surface area contributed by atoms with Crippen molar-refractivity contribution in [1.29, 1.82) is 0 Å². The minimum Gasteiger partial charge on any atom is -0.379 e. The molecule has 1 aliphatic heterocycles. The molecule has 156 valence electrons. The molecular formula is C19H20Br2ClN3O2S2. The molecule has 0 saturated carbocycles. The number of anilines is 1. The van der Waals surface area contributed by atoms with Crippen molar-refractivity contribution in [1.82, 2.24) is 9.88 Å². The van der Waals surface area contributed by atoms with Crippen molar-refractivity contribution < 1.29 is 9.53 Å². The molecule has 1 aromatic carbocycles. The molecule has 1 saturated heterocycles. The third kappa shape index (κ3) is 5.78. The van der Waals surface area contributed by atoms with Crippen LogP contribution in [0.25, 0.3) is 10.2 Å². The quantitative estimate of drug-likeness (QED) is 0.376. The number of thiophene rings is 1. The number of morpholine rings is 1. The number of amides is 1. The van der Waals surface area contributed by atoms with E-state index in [-0.39, 0.29) is 18.3 Å². The second-order valence-corrected chi connectivity index (χ2v) is 10.9. The summed E-state index contributed by atoms with van der Waals surface area (Å²) >= 11 is 9.99. The molecular weight excluding hydrogens is 562 g/mol. The first-order chi connectivity index (χ1) is 13.6. The number of rotatable bonds is 6. The molecule has 0 aliphatic carbocycles. The van der Waals surface area contributed by atoms with Crippen LogP contribution in [0.5, 0.6) is 0 Å². The summed E-state index contributed by atoms with van der Waals surface area (Å²) in [5.41, 5.74) is 0.918. The maximum Gasteiger partial charge on any atom is 0.270 e. The number of carbonyl (C=O) groups is 1. The van der Waals surface area contributed by atoms with E-state index in [9.17, 15) is 4.79 Å². The van der Waals surface area contributed by atoms with E-state index in [0.29, 0.717) is 6.54 Å². The van der Waals surface area contributed by atoms with Gasteiger partial charge < -0.3 is 4.74 Å². The van der Waals surface area contributed by atoms with E-state index < -0.39 is 0 Å². The van der Waals surface area contributed by atoms with Gasteiger partial charge in [-0.25, -0.2) is 4.98 Å². The van der Waals surface area contributed by atoms with E-state index >= 15 is 0 Å². The SMILES string of the molecule is Cl.O=C(c1ccc(Br)s1)N(CCCN1CCOCC1)c1nc2ccc(Br)cc2s1. The number of thiazole rings is 1. The first-order valence-electron chi connectivity index (χ1n) is 9.03. The van der Waals surface area contributed by atoms with Crippen LogP contribution in [0.2, 0.25) is 0 Å². The van der Waals surface area contributed by atoms with Crippen LogP contribution in [0.4, 0.5) is 5.13 Å². The molecule has 0 bridgehead atoms. The Balaban J connectivity index is 0.00000240. The summed E-state index contributed by atoms with van der Waals surface area (Å²) in [6.07, 6.45) is 0.901. The Bertz CT molecular complexity index is 975. The Morgan fingerprint density at radius 1 is 1.17 bits per heavy atom. The van der Waals surface area contributed by atoms with Crippen LogP contribution in [-0.4, -0.2) is 55.2 Å². The molecule has 0 spiro atoms. The van der Waals surface area contributed by atoms with E-state index in [1.165, 1.54) is 11.3 Å². The zero-order valence-electron chi connectivity index (χ0n) is 15.5. The zero-order chi connectivity index (χ0) is 19.5. The van der Waals surface area contributed by atoms with Crippen molar-refractivity contribution in [3.63, 3.8) is 0 Å². The van der Waals surface area contributed by atoms with Gasteiger partial charge in [-0.2, -0.15) is 0 Å². The van der Waals surface area contributed by atoms with Gasteiger partial charge in [0.25, 0.3) is 5.91 Å². The van der Waals surface area contributed by atoms with Gasteiger partial charge in [0.15, 0.2) is 5.13 Å². The fraction of sp³-hybridized carbons (Fsp3) is 0.368. The van der Waals surface area contributed by atoms with Crippen molar-refractivity contribution >= 4 is 88.2 Å². The highest BCUT2D eigenvalue weighted by Gasteiger charge is 2.23. The summed E-state index contributed by atoms with van der Waals surface area (Å²) in [6, 6.07) is 9.80. The normalized spacial score (nSPS) is 14.7. The number of hydrogen-bond donors (Lipinski definition) is 0. The third-order valence-corrected chi connectivity index (χ3v) is 7.71. The molecule has 0 atom stereocenters. The standard InChI is InChI=1S/C19H19Br2N3O2S2.ClH/c20-13-2-3-14-16(12-13)28-19(22-14)24(18(25)15-4-5-17(21)27-15)7-1-6-23-8-10-26-11-9-23;/h2-5,12H,1,6-11H2;1H. The number of fused-ring (bicyclic) bond motifs is 1. The maximum atomic E-state index is 13.2. The Morgan fingerprint density at radius 2 is 1.97 bits per heavy atom. The summed E-state index contributed by atoms with van der Waals surface area (Å²) in [7, 11) is 0. The number of benzene rings is 1. The smallest absolute Gasteiger partial charge is 0.270 e. The monoisotopic (exact) mass is 579 g/mol. The van der Waals surface area contributed by atoms with Crippen LogP contribution in [-0.2, 0) is 4.74 Å². The van der Waals surface area contributed by atoms with E-state index in [1.807, 2.05) is 29.2 Å². The largest absolute Gasteiger partial charge is 0.379 e. The van der Waals surface area contributed by atoms with Crippen LogP contribution in [0.15, 0.2) is 38.6 Å². The van der Waals surface area contributed by atoms with Gasteiger partial charge >= 0.3 is 0 Å². The van der Waals surface area contributed by atoms with Crippen molar-refractivity contribution in [2.75, 3.05) is 44.3 Å². The highest BCUT2D eigenvalue weighted by molar-refractivity contribution is 9.11. The molecule has 2 aromatic heterocycles. The van der Waals surface area contributed by atoms with Gasteiger partial charge in [-0.05, 0) is 52.7 Å². The molecule has 3 heterocycles. The van der Waals surface area contributed by atoms with E-state index in [4.69, 9.17) is 9.72 Å². The maximum absolute atomic E-state index is 13.2. The third-order valence-electron chi connectivity index (χ3n) is 4.56. The Hall–Kier alpha value is -0.550. The van der Waals surface area contributed by atoms with Crippen LogP contribution < -0.4 is 4.90 Å². The van der Waals surface area contributed by atoms with E-state index in [0.717, 1.165) is 67.8 Å². The van der Waals surface area contributed by atoms with Crippen molar-refractivity contribution in [2.45, 2.75) is 6.42 Å². The molecule has 0 N–H and O–H groups in total. The molecule has 0 radical (unpaired) electrons. The molecule has 1 fully saturated rings. The molecule has 3 aromatic rings. The lowest BCUT2D eigenvalue weighted by atomic mass is 10.3. The summed E-state index contributed by atoms with van der Waals surface area (Å²) in [5, 5.41) is 0.754. The number of halogens is 3. The van der Waals surface area contributed by atoms with Crippen LogP contribution >= 0.6 is 66.9 Å². The first-order valence-corrected chi connectivity index (χ1v) is 12.3. The lowest BCUT2D eigenvalue weighted by Crippen LogP contribution is -2.39. The van der Waals surface area contributed by atoms with E-state index in [1.54, 1.807) is 11.3 Å². The molecule has 1 amide bonds. The number of ether oxygens (including phenoxy) is 1. The van der Waals surface area contributed by atoms with Crippen LogP contribution in [0.3, 0.4) is 0 Å². The molecule has 5 nitrogen and oxygen atoms in total. The highest BCUT2D eigenvalue weighted by atomic mass is 79.9. The fourth-order valence-electron chi connectivity index (χ4n) is 3.13. The molecule has 0 unspecified atom stereocenters. The topological polar surface area (TPSA) is 45.7 Å². The van der Waals surface area contributed by atoms with Gasteiger partial charge in [-0.3, -0.25) is 14.6 Å². The van der Waals surface area contributed by atoms with Gasteiger partial charge in [0.1, 0.15) is 0 Å². The van der Waals surface area contributed by atoms with E-state index in [2.05, 4.69) is 42.8 Å². The van der Waals surface area contributed by atoms with Gasteiger partial charge in [0.05, 0.1) is 32.1 Å². The lowest BCUT2D eigenvalue weighted by molar-refractivity contribution is 0.0376. The summed E-state index contributed by atoms with van der Waals surface area (Å²) in [6.45, 7) is 5.10. The average molecular weight is 582 g/mol. The number of nitrogens with zero attached hydrogens (tertiary/aromatic N) is 3.